The van der Waals surface area contributed by atoms with E-state index in [9.17, 15) is 9.90 Å². The van der Waals surface area contributed by atoms with Gasteiger partial charge in [-0.25, -0.2) is 0 Å². The molecule has 2 saturated carbocycles. The zero-order chi connectivity index (χ0) is 22.8. The summed E-state index contributed by atoms with van der Waals surface area (Å²) in [6, 6.07) is 20.0. The number of nitrogens with one attached hydrogen (secondary N) is 1. The van der Waals surface area contributed by atoms with Crippen molar-refractivity contribution in [1.82, 2.24) is 10.2 Å². The second kappa shape index (κ2) is 9.57. The van der Waals surface area contributed by atoms with E-state index in [-0.39, 0.29) is 17.9 Å². The van der Waals surface area contributed by atoms with Crippen LogP contribution in [0, 0.1) is 23.7 Å². The minimum absolute atomic E-state index is 0.0447. The van der Waals surface area contributed by atoms with Crippen LogP contribution < -0.4 is 11.1 Å². The molecule has 5 rings (SSSR count). The highest BCUT2D eigenvalue weighted by atomic mass is 16.3. The molecule has 0 aromatic heterocycles. The number of likely N-dealkylation sites (tertiary alicyclic amines) is 1. The highest BCUT2D eigenvalue weighted by Gasteiger charge is 2.57. The van der Waals surface area contributed by atoms with Gasteiger partial charge in [0.15, 0.2) is 5.60 Å². The molecule has 3 unspecified atom stereocenters. The van der Waals surface area contributed by atoms with Gasteiger partial charge in [-0.1, -0.05) is 79.9 Å². The molecule has 176 valence electrons. The Morgan fingerprint density at radius 3 is 2.24 bits per heavy atom. The third-order valence-electron chi connectivity index (χ3n) is 8.33. The zero-order valence-electron chi connectivity index (χ0n) is 19.4. The first-order chi connectivity index (χ1) is 16.1. The van der Waals surface area contributed by atoms with Gasteiger partial charge in [0.05, 0.1) is 0 Å². The average Bonchev–Trinajstić information content (AvgIpc) is 3.38. The molecule has 33 heavy (non-hydrogen) atoms. The SMILES string of the molecule is NC(CNC(=O)C(O)(c1ccccc1)C1CCCCC1)C1[C@H]2CN(Cc3ccccc3)C[C@@H]12. The van der Waals surface area contributed by atoms with Crippen molar-refractivity contribution in [3.05, 3.63) is 71.8 Å². The minimum Gasteiger partial charge on any atom is -0.375 e. The van der Waals surface area contributed by atoms with E-state index in [1.54, 1.807) is 0 Å². The fraction of sp³-hybridized carbons (Fsp3) is 0.536. The molecule has 2 aromatic carbocycles. The zero-order valence-corrected chi connectivity index (χ0v) is 19.4. The summed E-state index contributed by atoms with van der Waals surface area (Å²) in [6.45, 7) is 3.60. The van der Waals surface area contributed by atoms with E-state index in [4.69, 9.17) is 5.73 Å². The van der Waals surface area contributed by atoms with Gasteiger partial charge in [0, 0.05) is 38.1 Å². The van der Waals surface area contributed by atoms with Crippen LogP contribution in [-0.4, -0.2) is 41.6 Å². The predicted molar refractivity (Wildman–Crippen MR) is 130 cm³/mol. The molecule has 2 aliphatic carbocycles. The van der Waals surface area contributed by atoms with Crippen LogP contribution in [0.5, 0.6) is 0 Å². The van der Waals surface area contributed by atoms with Crippen molar-refractivity contribution in [2.24, 2.45) is 29.4 Å². The molecule has 0 radical (unpaired) electrons. The van der Waals surface area contributed by atoms with E-state index in [0.29, 0.717) is 29.9 Å². The summed E-state index contributed by atoms with van der Waals surface area (Å²) < 4.78 is 0. The summed E-state index contributed by atoms with van der Waals surface area (Å²) in [4.78, 5) is 15.9. The molecule has 1 saturated heterocycles. The molecule has 5 nitrogen and oxygen atoms in total. The standard InChI is InChI=1S/C28H37N3O2/c29-25(26-23-18-31(19-24(23)26)17-20-10-4-1-5-11-20)16-30-27(32)28(33,21-12-6-2-7-13-21)22-14-8-3-9-15-22/h1-2,4-7,10-13,22-26,33H,3,8-9,14-19,29H2,(H,30,32)/t23-,24+,25?,26?,28?. The molecular weight excluding hydrogens is 410 g/mol. The van der Waals surface area contributed by atoms with E-state index in [2.05, 4.69) is 40.5 Å². The van der Waals surface area contributed by atoms with Crippen LogP contribution in [0.15, 0.2) is 60.7 Å². The molecule has 5 heteroatoms. The maximum atomic E-state index is 13.4. The number of aliphatic hydroxyl groups is 1. The van der Waals surface area contributed by atoms with Crippen molar-refractivity contribution in [2.75, 3.05) is 19.6 Å². The maximum Gasteiger partial charge on any atom is 0.256 e. The first kappa shape index (κ1) is 22.6. The van der Waals surface area contributed by atoms with Crippen LogP contribution in [0.1, 0.15) is 43.2 Å². The first-order valence-electron chi connectivity index (χ1n) is 12.7. The second-order valence-electron chi connectivity index (χ2n) is 10.4. The highest BCUT2D eigenvalue weighted by molar-refractivity contribution is 5.86. The lowest BCUT2D eigenvalue weighted by Gasteiger charge is -2.38. The quantitative estimate of drug-likeness (QED) is 0.580. The molecule has 1 amide bonds. The van der Waals surface area contributed by atoms with Crippen LogP contribution in [0.25, 0.3) is 0 Å². The lowest BCUT2D eigenvalue weighted by atomic mass is 9.73. The Morgan fingerprint density at radius 1 is 1.00 bits per heavy atom. The number of hydrogen-bond acceptors (Lipinski definition) is 4. The van der Waals surface area contributed by atoms with Gasteiger partial charge in [-0.05, 0) is 41.7 Å². The molecular formula is C28H37N3O2. The summed E-state index contributed by atoms with van der Waals surface area (Å²) in [5.74, 6) is 1.40. The summed E-state index contributed by atoms with van der Waals surface area (Å²) >= 11 is 0. The molecule has 0 spiro atoms. The molecule has 2 aromatic rings. The first-order valence-corrected chi connectivity index (χ1v) is 12.7. The minimum atomic E-state index is -1.48. The van der Waals surface area contributed by atoms with Crippen LogP contribution in [0.2, 0.25) is 0 Å². The van der Waals surface area contributed by atoms with E-state index in [0.717, 1.165) is 45.3 Å². The molecule has 1 heterocycles. The summed E-state index contributed by atoms with van der Waals surface area (Å²) in [6.07, 6.45) is 5.08. The number of benzene rings is 2. The van der Waals surface area contributed by atoms with Gasteiger partial charge in [0.25, 0.3) is 5.91 Å². The Labute approximate surface area is 197 Å². The summed E-state index contributed by atoms with van der Waals surface area (Å²) in [5.41, 5.74) is 7.14. The molecule has 3 fully saturated rings. The van der Waals surface area contributed by atoms with Crippen molar-refractivity contribution in [3.8, 4) is 0 Å². The smallest absolute Gasteiger partial charge is 0.256 e. The van der Waals surface area contributed by atoms with Gasteiger partial charge < -0.3 is 16.2 Å². The van der Waals surface area contributed by atoms with Crippen LogP contribution >= 0.6 is 0 Å². The van der Waals surface area contributed by atoms with Gasteiger partial charge in [-0.3, -0.25) is 9.69 Å². The number of nitrogens with zero attached hydrogens (tertiary/aromatic N) is 1. The highest BCUT2D eigenvalue weighted by Crippen LogP contribution is 2.53. The maximum absolute atomic E-state index is 13.4. The fourth-order valence-electron chi connectivity index (χ4n) is 6.51. The Hall–Kier alpha value is -2.21. The van der Waals surface area contributed by atoms with Gasteiger partial charge >= 0.3 is 0 Å². The van der Waals surface area contributed by atoms with Crippen LogP contribution in [0.4, 0.5) is 0 Å². The predicted octanol–water partition coefficient (Wildman–Crippen LogP) is 3.28. The molecule has 1 aliphatic heterocycles. The Balaban J connectivity index is 1.16. The number of carbonyl (C=O) groups excluding carboxylic acids is 1. The molecule has 5 atom stereocenters. The largest absolute Gasteiger partial charge is 0.375 e. The van der Waals surface area contributed by atoms with Crippen LogP contribution in [-0.2, 0) is 16.9 Å². The number of rotatable bonds is 8. The van der Waals surface area contributed by atoms with Gasteiger partial charge in [-0.2, -0.15) is 0 Å². The van der Waals surface area contributed by atoms with E-state index in [1.807, 2.05) is 30.3 Å². The van der Waals surface area contributed by atoms with Gasteiger partial charge in [-0.15, -0.1) is 0 Å². The summed E-state index contributed by atoms with van der Waals surface area (Å²) in [5, 5.41) is 14.8. The normalized spacial score (nSPS) is 28.0. The van der Waals surface area contributed by atoms with Gasteiger partial charge in [0.2, 0.25) is 0 Å². The van der Waals surface area contributed by atoms with Crippen LogP contribution in [0.3, 0.4) is 0 Å². The number of piperidine rings is 1. The third kappa shape index (κ3) is 4.59. The average molecular weight is 448 g/mol. The van der Waals surface area contributed by atoms with Crippen molar-refractivity contribution in [3.63, 3.8) is 0 Å². The number of amides is 1. The number of fused-ring (bicyclic) bond motifs is 1. The number of nitrogens with two attached hydrogens (primary N) is 1. The van der Waals surface area contributed by atoms with Crippen molar-refractivity contribution in [2.45, 2.75) is 50.3 Å². The topological polar surface area (TPSA) is 78.6 Å². The van der Waals surface area contributed by atoms with Gasteiger partial charge in [0.1, 0.15) is 0 Å². The van der Waals surface area contributed by atoms with E-state index >= 15 is 0 Å². The molecule has 3 aliphatic rings. The lowest BCUT2D eigenvalue weighted by Crippen LogP contribution is -2.53. The Kier molecular flexibility index (Phi) is 6.55. The Morgan fingerprint density at radius 2 is 1.61 bits per heavy atom. The Bertz CT molecular complexity index is 919. The molecule has 4 N–H and O–H groups in total. The molecule has 0 bridgehead atoms. The van der Waals surface area contributed by atoms with Crippen molar-refractivity contribution < 1.29 is 9.90 Å². The fourth-order valence-corrected chi connectivity index (χ4v) is 6.51. The van der Waals surface area contributed by atoms with E-state index < -0.39 is 5.60 Å². The summed E-state index contributed by atoms with van der Waals surface area (Å²) in [7, 11) is 0. The second-order valence-corrected chi connectivity index (χ2v) is 10.4. The van der Waals surface area contributed by atoms with Crippen molar-refractivity contribution >= 4 is 5.91 Å². The third-order valence-corrected chi connectivity index (χ3v) is 8.33. The number of carbonyl (C=O) groups is 1. The monoisotopic (exact) mass is 447 g/mol. The lowest BCUT2D eigenvalue weighted by molar-refractivity contribution is -0.149. The van der Waals surface area contributed by atoms with Crippen molar-refractivity contribution in [1.29, 1.82) is 0 Å². The number of hydrogen-bond donors (Lipinski definition) is 3. The van der Waals surface area contributed by atoms with E-state index in [1.165, 1.54) is 12.0 Å².